The minimum absolute atomic E-state index is 0.0257. The first-order valence-electron chi connectivity index (χ1n) is 14.0. The number of carbonyl (C=O) groups is 2. The molecule has 2 amide bonds. The van der Waals surface area contributed by atoms with E-state index in [4.69, 9.17) is 9.47 Å². The fourth-order valence-corrected chi connectivity index (χ4v) is 7.38. The Morgan fingerprint density at radius 2 is 1.75 bits per heavy atom. The van der Waals surface area contributed by atoms with E-state index in [0.29, 0.717) is 30.9 Å². The van der Waals surface area contributed by atoms with Crippen LogP contribution in [0.5, 0.6) is 5.75 Å². The van der Waals surface area contributed by atoms with Gasteiger partial charge < -0.3 is 20.1 Å². The highest BCUT2D eigenvalue weighted by Crippen LogP contribution is 2.60. The second kappa shape index (κ2) is 11.1. The van der Waals surface area contributed by atoms with E-state index in [-0.39, 0.29) is 23.1 Å². The molecule has 5 fully saturated rings. The lowest BCUT2D eigenvalue weighted by Gasteiger charge is -2.55. The molecule has 198 valence electrons. The Kier molecular flexibility index (Phi) is 7.87. The fraction of sp³-hybridized carbons (Fsp3) is 0.724. The van der Waals surface area contributed by atoms with Crippen LogP contribution in [0.4, 0.5) is 0 Å². The maximum Gasteiger partial charge on any atom is 0.243 e. The first kappa shape index (κ1) is 25.5. The summed E-state index contributed by atoms with van der Waals surface area (Å²) >= 11 is 0. The van der Waals surface area contributed by atoms with Gasteiger partial charge in [-0.05, 0) is 79.9 Å². The van der Waals surface area contributed by atoms with Crippen LogP contribution >= 0.6 is 0 Å². The lowest BCUT2D eigenvalue weighted by molar-refractivity contribution is -0.149. The van der Waals surface area contributed by atoms with Crippen molar-refractivity contribution in [2.24, 2.45) is 29.1 Å². The molecule has 4 saturated carbocycles. The summed E-state index contributed by atoms with van der Waals surface area (Å²) in [4.78, 5) is 29.1. The molecule has 7 heteroatoms. The largest absolute Gasteiger partial charge is 0.492 e. The molecule has 6 rings (SSSR count). The van der Waals surface area contributed by atoms with Crippen molar-refractivity contribution in [3.8, 4) is 5.75 Å². The van der Waals surface area contributed by atoms with Gasteiger partial charge in [-0.15, -0.1) is 0 Å². The number of ether oxygens (including phenoxy) is 2. The molecule has 0 spiro atoms. The van der Waals surface area contributed by atoms with Gasteiger partial charge in [0.15, 0.2) is 0 Å². The monoisotopic (exact) mass is 497 g/mol. The lowest BCUT2D eigenvalue weighted by Crippen LogP contribution is -2.58. The Morgan fingerprint density at radius 3 is 2.39 bits per heavy atom. The number of amides is 2. The highest BCUT2D eigenvalue weighted by Gasteiger charge is 2.55. The van der Waals surface area contributed by atoms with Gasteiger partial charge in [-0.3, -0.25) is 14.5 Å². The van der Waals surface area contributed by atoms with Gasteiger partial charge in [0.1, 0.15) is 18.4 Å². The summed E-state index contributed by atoms with van der Waals surface area (Å²) in [5, 5.41) is 6.25. The van der Waals surface area contributed by atoms with Crippen molar-refractivity contribution in [1.82, 2.24) is 15.5 Å². The molecule has 36 heavy (non-hydrogen) atoms. The standard InChI is InChI=1S/C29H43N3O4/c1-20(2)26(31-28(34)29-16-22-12-23(17-29)14-24(13-22)18-29)27(33)30-19-21-4-3-5-25(15-21)36-11-8-32-6-9-35-10-7-32/h3-5,15,20,22-24,26H,6-14,16-19H2,1-2H3,(H,30,33)(H,31,34). The first-order chi connectivity index (χ1) is 17.4. The predicted molar refractivity (Wildman–Crippen MR) is 138 cm³/mol. The molecule has 1 aliphatic heterocycles. The van der Waals surface area contributed by atoms with E-state index >= 15 is 0 Å². The van der Waals surface area contributed by atoms with E-state index in [1.54, 1.807) is 0 Å². The van der Waals surface area contributed by atoms with E-state index in [0.717, 1.165) is 63.4 Å². The third-order valence-electron chi connectivity index (χ3n) is 8.90. The number of carbonyl (C=O) groups excluding carboxylic acids is 2. The zero-order chi connectivity index (χ0) is 25.1. The van der Waals surface area contributed by atoms with E-state index in [2.05, 4.69) is 15.5 Å². The Labute approximate surface area is 215 Å². The molecule has 1 saturated heterocycles. The Hall–Kier alpha value is -2.12. The molecule has 4 bridgehead atoms. The highest BCUT2D eigenvalue weighted by molar-refractivity contribution is 5.90. The number of hydrogen-bond donors (Lipinski definition) is 2. The molecule has 0 radical (unpaired) electrons. The molecule has 1 aromatic rings. The summed E-state index contributed by atoms with van der Waals surface area (Å²) in [5.41, 5.74) is 0.747. The van der Waals surface area contributed by atoms with Crippen LogP contribution in [-0.2, 0) is 20.9 Å². The van der Waals surface area contributed by atoms with Crippen LogP contribution in [0.25, 0.3) is 0 Å². The zero-order valence-electron chi connectivity index (χ0n) is 22.0. The Morgan fingerprint density at radius 1 is 1.08 bits per heavy atom. The normalized spacial score (nSPS) is 30.2. The van der Waals surface area contributed by atoms with E-state index in [1.165, 1.54) is 19.3 Å². The molecular weight excluding hydrogens is 454 g/mol. The van der Waals surface area contributed by atoms with Gasteiger partial charge >= 0.3 is 0 Å². The molecule has 1 atom stereocenters. The summed E-state index contributed by atoms with van der Waals surface area (Å²) in [5.74, 6) is 2.96. The molecule has 1 heterocycles. The van der Waals surface area contributed by atoms with Gasteiger partial charge in [0.25, 0.3) is 0 Å². The van der Waals surface area contributed by atoms with Gasteiger partial charge in [-0.25, -0.2) is 0 Å². The molecule has 7 nitrogen and oxygen atoms in total. The van der Waals surface area contributed by atoms with Crippen molar-refractivity contribution in [3.63, 3.8) is 0 Å². The third-order valence-corrected chi connectivity index (χ3v) is 8.90. The predicted octanol–water partition coefficient (Wildman–Crippen LogP) is 3.37. The first-order valence-corrected chi connectivity index (χ1v) is 14.0. The topological polar surface area (TPSA) is 79.9 Å². The minimum atomic E-state index is -0.515. The summed E-state index contributed by atoms with van der Waals surface area (Å²) in [6, 6.07) is 7.37. The second-order valence-corrected chi connectivity index (χ2v) is 12.1. The van der Waals surface area contributed by atoms with Crippen molar-refractivity contribution in [3.05, 3.63) is 29.8 Å². The van der Waals surface area contributed by atoms with Crippen molar-refractivity contribution >= 4 is 11.8 Å². The molecule has 2 N–H and O–H groups in total. The number of morpholine rings is 1. The fourth-order valence-electron chi connectivity index (χ4n) is 7.38. The van der Waals surface area contributed by atoms with Crippen LogP contribution in [0.1, 0.15) is 57.9 Å². The molecule has 1 unspecified atom stereocenters. The number of hydrogen-bond acceptors (Lipinski definition) is 5. The average Bonchev–Trinajstić information content (AvgIpc) is 2.85. The number of nitrogens with zero attached hydrogens (tertiary/aromatic N) is 1. The summed E-state index contributed by atoms with van der Waals surface area (Å²) in [7, 11) is 0. The maximum atomic E-state index is 13.5. The Balaban J connectivity index is 1.12. The van der Waals surface area contributed by atoms with Crippen LogP contribution in [0.15, 0.2) is 24.3 Å². The molecule has 0 aromatic heterocycles. The summed E-state index contributed by atoms with van der Waals surface area (Å²) in [6.07, 6.45) is 6.94. The van der Waals surface area contributed by atoms with E-state index in [9.17, 15) is 9.59 Å². The van der Waals surface area contributed by atoms with Crippen molar-refractivity contribution < 1.29 is 19.1 Å². The highest BCUT2D eigenvalue weighted by atomic mass is 16.5. The number of nitrogens with one attached hydrogen (secondary N) is 2. The van der Waals surface area contributed by atoms with Crippen LogP contribution in [0.3, 0.4) is 0 Å². The maximum absolute atomic E-state index is 13.5. The number of benzene rings is 1. The minimum Gasteiger partial charge on any atom is -0.492 e. The summed E-state index contributed by atoms with van der Waals surface area (Å²) < 4.78 is 11.4. The van der Waals surface area contributed by atoms with Gasteiger partial charge in [0.2, 0.25) is 11.8 Å². The third kappa shape index (κ3) is 5.88. The van der Waals surface area contributed by atoms with Crippen molar-refractivity contribution in [2.75, 3.05) is 39.5 Å². The lowest BCUT2D eigenvalue weighted by atomic mass is 9.49. The van der Waals surface area contributed by atoms with E-state index in [1.807, 2.05) is 38.1 Å². The Bertz CT molecular complexity index is 892. The van der Waals surface area contributed by atoms with Crippen LogP contribution in [0.2, 0.25) is 0 Å². The van der Waals surface area contributed by atoms with Crippen LogP contribution in [0, 0.1) is 29.1 Å². The zero-order valence-corrected chi connectivity index (χ0v) is 22.0. The van der Waals surface area contributed by atoms with Crippen LogP contribution in [-0.4, -0.2) is 62.2 Å². The van der Waals surface area contributed by atoms with Crippen molar-refractivity contribution in [1.29, 1.82) is 0 Å². The molecule has 4 aliphatic carbocycles. The quantitative estimate of drug-likeness (QED) is 0.518. The van der Waals surface area contributed by atoms with Crippen LogP contribution < -0.4 is 15.4 Å². The van der Waals surface area contributed by atoms with Gasteiger partial charge in [-0.1, -0.05) is 26.0 Å². The van der Waals surface area contributed by atoms with Gasteiger partial charge in [0, 0.05) is 31.6 Å². The summed E-state index contributed by atoms with van der Waals surface area (Å²) in [6.45, 7) is 9.41. The molecular formula is C29H43N3O4. The van der Waals surface area contributed by atoms with Gasteiger partial charge in [-0.2, -0.15) is 0 Å². The number of rotatable bonds is 10. The SMILES string of the molecule is CC(C)C(NC(=O)C12CC3CC(CC(C3)C1)C2)C(=O)NCc1cccc(OCCN2CCOCC2)c1. The molecule has 5 aliphatic rings. The van der Waals surface area contributed by atoms with Gasteiger partial charge in [0.05, 0.1) is 13.2 Å². The smallest absolute Gasteiger partial charge is 0.243 e. The van der Waals surface area contributed by atoms with E-state index < -0.39 is 6.04 Å². The molecule has 1 aromatic carbocycles. The second-order valence-electron chi connectivity index (χ2n) is 12.1. The van der Waals surface area contributed by atoms with Crippen molar-refractivity contribution in [2.45, 2.75) is 65.0 Å². The average molecular weight is 498 g/mol.